The fraction of sp³-hybridized carbons (Fsp3) is 0.333. The molecule has 9 heteroatoms. The number of carbonyl (C=O) groups is 2. The molecule has 2 aromatic rings. The molecule has 160 valence electrons. The number of rotatable bonds is 7. The molecule has 4 N–H and O–H groups in total. The van der Waals surface area contributed by atoms with Crippen LogP contribution in [0, 0.1) is 12.8 Å². The molecule has 0 aromatic heterocycles. The normalized spacial score (nSPS) is 16.3. The molecule has 0 radical (unpaired) electrons. The SMILES string of the molecule is Cc1ccccc1CC(=O)Nc1ccc(C(=O)NCC2CCOC2)c(S(N)(=O)=O)c1. The third-order valence-electron chi connectivity index (χ3n) is 5.00. The van der Waals surface area contributed by atoms with Crippen LogP contribution >= 0.6 is 0 Å². The van der Waals surface area contributed by atoms with Crippen LogP contribution in [0.2, 0.25) is 0 Å². The summed E-state index contributed by atoms with van der Waals surface area (Å²) in [6, 6.07) is 11.5. The lowest BCUT2D eigenvalue weighted by atomic mass is 10.1. The van der Waals surface area contributed by atoms with Gasteiger partial charge in [-0.3, -0.25) is 9.59 Å². The number of anilines is 1. The first kappa shape index (κ1) is 21.9. The van der Waals surface area contributed by atoms with Crippen molar-refractivity contribution in [2.75, 3.05) is 25.1 Å². The summed E-state index contributed by atoms with van der Waals surface area (Å²) in [6.45, 7) is 3.51. The van der Waals surface area contributed by atoms with Gasteiger partial charge in [0.1, 0.15) is 0 Å². The number of aryl methyl sites for hydroxylation is 1. The molecule has 30 heavy (non-hydrogen) atoms. The topological polar surface area (TPSA) is 128 Å². The lowest BCUT2D eigenvalue weighted by Gasteiger charge is -2.13. The summed E-state index contributed by atoms with van der Waals surface area (Å²) < 4.78 is 29.4. The first-order chi connectivity index (χ1) is 14.2. The Labute approximate surface area is 175 Å². The maximum atomic E-state index is 12.5. The van der Waals surface area contributed by atoms with Crippen LogP contribution in [0.1, 0.15) is 27.9 Å². The van der Waals surface area contributed by atoms with Crippen LogP contribution in [-0.4, -0.2) is 40.0 Å². The zero-order valence-electron chi connectivity index (χ0n) is 16.7. The van der Waals surface area contributed by atoms with E-state index in [2.05, 4.69) is 10.6 Å². The molecular weight excluding hydrogens is 406 g/mol. The van der Waals surface area contributed by atoms with Crippen molar-refractivity contribution < 1.29 is 22.7 Å². The smallest absolute Gasteiger partial charge is 0.252 e. The maximum absolute atomic E-state index is 12.5. The Morgan fingerprint density at radius 2 is 1.97 bits per heavy atom. The minimum Gasteiger partial charge on any atom is -0.381 e. The maximum Gasteiger partial charge on any atom is 0.252 e. The van der Waals surface area contributed by atoms with Gasteiger partial charge < -0.3 is 15.4 Å². The van der Waals surface area contributed by atoms with Gasteiger partial charge >= 0.3 is 0 Å². The second-order valence-electron chi connectivity index (χ2n) is 7.35. The van der Waals surface area contributed by atoms with Gasteiger partial charge in [0, 0.05) is 24.8 Å². The molecule has 0 saturated carbocycles. The third-order valence-corrected chi connectivity index (χ3v) is 5.95. The van der Waals surface area contributed by atoms with Gasteiger partial charge in [0.25, 0.3) is 5.91 Å². The Hall–Kier alpha value is -2.75. The average Bonchev–Trinajstić information content (AvgIpc) is 3.21. The molecule has 1 fully saturated rings. The summed E-state index contributed by atoms with van der Waals surface area (Å²) in [7, 11) is -4.18. The van der Waals surface area contributed by atoms with E-state index in [1.165, 1.54) is 18.2 Å². The third kappa shape index (κ3) is 5.65. The number of hydrogen-bond acceptors (Lipinski definition) is 5. The molecule has 1 heterocycles. The van der Waals surface area contributed by atoms with Gasteiger partial charge in [-0.2, -0.15) is 0 Å². The second kappa shape index (κ2) is 9.38. The molecular formula is C21H25N3O5S. The Morgan fingerprint density at radius 1 is 1.20 bits per heavy atom. The van der Waals surface area contributed by atoms with Crippen LogP contribution in [0.5, 0.6) is 0 Å². The van der Waals surface area contributed by atoms with E-state index in [4.69, 9.17) is 9.88 Å². The van der Waals surface area contributed by atoms with Crippen molar-refractivity contribution in [3.8, 4) is 0 Å². The number of sulfonamides is 1. The molecule has 1 unspecified atom stereocenters. The lowest BCUT2D eigenvalue weighted by molar-refractivity contribution is -0.115. The van der Waals surface area contributed by atoms with Crippen molar-refractivity contribution in [3.63, 3.8) is 0 Å². The average molecular weight is 432 g/mol. The highest BCUT2D eigenvalue weighted by Gasteiger charge is 2.22. The number of amides is 2. The Balaban J connectivity index is 1.74. The van der Waals surface area contributed by atoms with Crippen molar-refractivity contribution in [2.24, 2.45) is 11.1 Å². The zero-order chi connectivity index (χ0) is 21.7. The number of nitrogens with two attached hydrogens (primary N) is 1. The molecule has 1 saturated heterocycles. The van der Waals surface area contributed by atoms with Gasteiger partial charge in [-0.25, -0.2) is 13.6 Å². The van der Waals surface area contributed by atoms with E-state index < -0.39 is 15.9 Å². The molecule has 0 aliphatic carbocycles. The molecule has 2 amide bonds. The summed E-state index contributed by atoms with van der Waals surface area (Å²) in [5.74, 6) is -0.640. The highest BCUT2D eigenvalue weighted by atomic mass is 32.2. The number of nitrogens with one attached hydrogen (secondary N) is 2. The summed E-state index contributed by atoms with van der Waals surface area (Å²) in [6.07, 6.45) is 0.983. The van der Waals surface area contributed by atoms with E-state index in [0.29, 0.717) is 19.8 Å². The van der Waals surface area contributed by atoms with E-state index in [0.717, 1.165) is 17.5 Å². The highest BCUT2D eigenvalue weighted by molar-refractivity contribution is 7.89. The summed E-state index contributed by atoms with van der Waals surface area (Å²) in [5.41, 5.74) is 2.04. The molecule has 0 bridgehead atoms. The van der Waals surface area contributed by atoms with Crippen LogP contribution in [-0.2, 0) is 26.0 Å². The zero-order valence-corrected chi connectivity index (χ0v) is 17.5. The van der Waals surface area contributed by atoms with Crippen LogP contribution in [0.15, 0.2) is 47.4 Å². The Bertz CT molecular complexity index is 1050. The number of primary sulfonamides is 1. The number of hydrogen-bond donors (Lipinski definition) is 3. The van der Waals surface area contributed by atoms with Crippen LogP contribution in [0.25, 0.3) is 0 Å². The largest absolute Gasteiger partial charge is 0.381 e. The quantitative estimate of drug-likeness (QED) is 0.613. The fourth-order valence-electron chi connectivity index (χ4n) is 3.29. The van der Waals surface area contributed by atoms with Gasteiger partial charge in [0.05, 0.1) is 23.5 Å². The molecule has 2 aromatic carbocycles. The minimum absolute atomic E-state index is 0.0617. The van der Waals surface area contributed by atoms with Gasteiger partial charge in [0.2, 0.25) is 15.9 Å². The predicted octanol–water partition coefficient (Wildman–Crippen LogP) is 1.59. The van der Waals surface area contributed by atoms with Crippen LogP contribution in [0.3, 0.4) is 0 Å². The van der Waals surface area contributed by atoms with Gasteiger partial charge in [-0.15, -0.1) is 0 Å². The van der Waals surface area contributed by atoms with Crippen molar-refractivity contribution >= 4 is 27.5 Å². The number of benzene rings is 2. The van der Waals surface area contributed by atoms with Gasteiger partial charge in [0.15, 0.2) is 0 Å². The van der Waals surface area contributed by atoms with E-state index >= 15 is 0 Å². The first-order valence-electron chi connectivity index (χ1n) is 9.61. The molecule has 8 nitrogen and oxygen atoms in total. The first-order valence-corrected chi connectivity index (χ1v) is 11.2. The predicted molar refractivity (Wildman–Crippen MR) is 113 cm³/mol. The number of ether oxygens (including phenoxy) is 1. The summed E-state index contributed by atoms with van der Waals surface area (Å²) >= 11 is 0. The van der Waals surface area contributed by atoms with Gasteiger partial charge in [-0.05, 0) is 42.7 Å². The fourth-order valence-corrected chi connectivity index (χ4v) is 4.04. The van der Waals surface area contributed by atoms with Crippen molar-refractivity contribution in [1.29, 1.82) is 0 Å². The highest BCUT2D eigenvalue weighted by Crippen LogP contribution is 2.21. The Morgan fingerprint density at radius 3 is 2.63 bits per heavy atom. The Kier molecular flexibility index (Phi) is 6.86. The van der Waals surface area contributed by atoms with Crippen molar-refractivity contribution in [3.05, 3.63) is 59.2 Å². The standard InChI is InChI=1S/C21H25N3O5S/c1-14-4-2-3-5-16(14)10-20(25)24-17-6-7-18(19(11-17)30(22,27)28)21(26)23-12-15-8-9-29-13-15/h2-7,11,15H,8-10,12-13H2,1H3,(H,23,26)(H,24,25)(H2,22,27,28). The van der Waals surface area contributed by atoms with Crippen LogP contribution < -0.4 is 15.8 Å². The molecule has 1 atom stereocenters. The van der Waals surface area contributed by atoms with Crippen molar-refractivity contribution in [2.45, 2.75) is 24.7 Å². The monoisotopic (exact) mass is 431 g/mol. The molecule has 3 rings (SSSR count). The lowest BCUT2D eigenvalue weighted by Crippen LogP contribution is -2.31. The molecule has 1 aliphatic rings. The second-order valence-corrected chi connectivity index (χ2v) is 8.88. The molecule has 1 aliphatic heterocycles. The van der Waals surface area contributed by atoms with E-state index in [1.807, 2.05) is 31.2 Å². The summed E-state index contributed by atoms with van der Waals surface area (Å²) in [4.78, 5) is 24.6. The van der Waals surface area contributed by atoms with E-state index in [9.17, 15) is 18.0 Å². The van der Waals surface area contributed by atoms with E-state index in [1.54, 1.807) is 0 Å². The number of carbonyl (C=O) groups excluding carboxylic acids is 2. The minimum atomic E-state index is -4.18. The van der Waals surface area contributed by atoms with E-state index in [-0.39, 0.29) is 34.4 Å². The van der Waals surface area contributed by atoms with Crippen LogP contribution in [0.4, 0.5) is 5.69 Å². The molecule has 0 spiro atoms. The van der Waals surface area contributed by atoms with Gasteiger partial charge in [-0.1, -0.05) is 24.3 Å². The summed E-state index contributed by atoms with van der Waals surface area (Å²) in [5, 5.41) is 10.7. The van der Waals surface area contributed by atoms with Crippen molar-refractivity contribution in [1.82, 2.24) is 5.32 Å².